The van der Waals surface area contributed by atoms with Crippen molar-refractivity contribution in [2.75, 3.05) is 6.61 Å². The van der Waals surface area contributed by atoms with Crippen LogP contribution in [-0.2, 0) is 16.1 Å². The molecule has 0 aromatic heterocycles. The molecule has 5 heteroatoms. The van der Waals surface area contributed by atoms with Crippen LogP contribution in [0, 0.1) is 11.3 Å². The summed E-state index contributed by atoms with van der Waals surface area (Å²) in [6.45, 7) is 2.71. The lowest BCUT2D eigenvalue weighted by Gasteiger charge is -2.29. The number of ether oxygens (including phenoxy) is 1. The molecule has 1 atom stereocenters. The van der Waals surface area contributed by atoms with Gasteiger partial charge in [0.05, 0.1) is 12.5 Å². The molecular weight excluding hydrogens is 264 g/mol. The summed E-state index contributed by atoms with van der Waals surface area (Å²) >= 11 is 0. The zero-order valence-corrected chi connectivity index (χ0v) is 12.0. The Morgan fingerprint density at radius 3 is 2.35 bits per heavy atom. The van der Waals surface area contributed by atoms with Crippen molar-refractivity contribution in [2.24, 2.45) is 11.3 Å². The largest absolute Gasteiger partial charge is 0.352 e. The van der Waals surface area contributed by atoms with Crippen molar-refractivity contribution in [3.63, 3.8) is 0 Å². The van der Waals surface area contributed by atoms with Crippen LogP contribution in [0.5, 0.6) is 0 Å². The molecule has 1 aromatic rings. The van der Waals surface area contributed by atoms with Crippen molar-refractivity contribution < 1.29 is 18.3 Å². The molecule has 20 heavy (non-hydrogen) atoms. The van der Waals surface area contributed by atoms with Crippen LogP contribution in [0.4, 0.5) is 8.78 Å². The van der Waals surface area contributed by atoms with Crippen molar-refractivity contribution in [3.8, 4) is 0 Å². The smallest absolute Gasteiger partial charge is 0.345 e. The van der Waals surface area contributed by atoms with E-state index in [1.54, 1.807) is 0 Å². The Morgan fingerprint density at radius 2 is 1.85 bits per heavy atom. The van der Waals surface area contributed by atoms with Crippen molar-refractivity contribution in [1.29, 1.82) is 0 Å². The summed E-state index contributed by atoms with van der Waals surface area (Å²) in [4.78, 5) is 12.1. The first-order chi connectivity index (χ1) is 9.30. The summed E-state index contributed by atoms with van der Waals surface area (Å²) in [5.41, 5.74) is 0.513. The number of hydrogen-bond acceptors (Lipinski definition) is 2. The lowest BCUT2D eigenvalue weighted by Crippen LogP contribution is -2.40. The molecular formula is C15H21F2NO2. The van der Waals surface area contributed by atoms with Gasteiger partial charge in [0.2, 0.25) is 5.91 Å². The average Bonchev–Trinajstić information content (AvgIpc) is 2.35. The minimum atomic E-state index is -2.86. The van der Waals surface area contributed by atoms with Crippen LogP contribution in [0.15, 0.2) is 30.3 Å². The second kappa shape index (κ2) is 7.33. The summed E-state index contributed by atoms with van der Waals surface area (Å²) in [6, 6.07) is 9.43. The molecule has 3 nitrogen and oxygen atoms in total. The third-order valence-electron chi connectivity index (χ3n) is 3.06. The summed E-state index contributed by atoms with van der Waals surface area (Å²) in [5.74, 6) is -0.901. The fraction of sp³-hybridized carbons (Fsp3) is 0.533. The van der Waals surface area contributed by atoms with E-state index >= 15 is 0 Å². The predicted octanol–water partition coefficient (Wildman–Crippen LogP) is 3.20. The Bertz CT molecular complexity index is 416. The molecule has 0 heterocycles. The predicted molar refractivity (Wildman–Crippen MR) is 73.2 cm³/mol. The molecule has 1 N–H and O–H groups in total. The molecule has 1 aromatic carbocycles. The number of amides is 1. The lowest BCUT2D eigenvalue weighted by atomic mass is 9.80. The number of rotatable bonds is 6. The zero-order valence-electron chi connectivity index (χ0n) is 12.0. The summed E-state index contributed by atoms with van der Waals surface area (Å²) in [6.07, 6.45) is 0. The highest BCUT2D eigenvalue weighted by molar-refractivity contribution is 5.79. The van der Waals surface area contributed by atoms with Gasteiger partial charge in [0.15, 0.2) is 0 Å². The van der Waals surface area contributed by atoms with Crippen molar-refractivity contribution in [3.05, 3.63) is 35.9 Å². The summed E-state index contributed by atoms with van der Waals surface area (Å²) in [5, 5.41) is 2.77. The highest BCUT2D eigenvalue weighted by Crippen LogP contribution is 2.27. The van der Waals surface area contributed by atoms with E-state index in [4.69, 9.17) is 0 Å². The van der Waals surface area contributed by atoms with Crippen LogP contribution in [-0.4, -0.2) is 19.1 Å². The molecule has 1 rings (SSSR count). The van der Waals surface area contributed by atoms with Crippen molar-refractivity contribution >= 4 is 5.91 Å². The highest BCUT2D eigenvalue weighted by Gasteiger charge is 2.32. The SMILES string of the molecule is CC(C)(C)[C@H](COC(F)F)C(=O)NCc1ccccc1. The van der Waals surface area contributed by atoms with Crippen LogP contribution in [0.3, 0.4) is 0 Å². The van der Waals surface area contributed by atoms with Crippen LogP contribution >= 0.6 is 0 Å². The van der Waals surface area contributed by atoms with Gasteiger partial charge in [-0.2, -0.15) is 8.78 Å². The molecule has 0 unspecified atom stereocenters. The topological polar surface area (TPSA) is 38.3 Å². The summed E-state index contributed by atoms with van der Waals surface area (Å²) in [7, 11) is 0. The molecule has 0 aliphatic rings. The van der Waals surface area contributed by atoms with Gasteiger partial charge in [-0.1, -0.05) is 51.1 Å². The van der Waals surface area contributed by atoms with E-state index < -0.39 is 17.9 Å². The quantitative estimate of drug-likeness (QED) is 0.871. The Hall–Kier alpha value is -1.49. The first-order valence-electron chi connectivity index (χ1n) is 6.52. The maximum atomic E-state index is 12.1. The molecule has 0 spiro atoms. The molecule has 0 bridgehead atoms. The van der Waals surface area contributed by atoms with Gasteiger partial charge in [-0.05, 0) is 11.0 Å². The number of nitrogens with one attached hydrogen (secondary N) is 1. The summed E-state index contributed by atoms with van der Waals surface area (Å²) < 4.78 is 28.6. The zero-order chi connectivity index (χ0) is 15.2. The van der Waals surface area contributed by atoms with Crippen LogP contribution in [0.2, 0.25) is 0 Å². The second-order valence-electron chi connectivity index (χ2n) is 5.72. The molecule has 112 valence electrons. The van der Waals surface area contributed by atoms with Crippen LogP contribution in [0.25, 0.3) is 0 Å². The van der Waals surface area contributed by atoms with E-state index in [0.29, 0.717) is 6.54 Å². The molecule has 0 aliphatic carbocycles. The van der Waals surface area contributed by atoms with E-state index in [9.17, 15) is 13.6 Å². The Balaban J connectivity index is 2.59. The minimum absolute atomic E-state index is 0.276. The van der Waals surface area contributed by atoms with Gasteiger partial charge in [0, 0.05) is 6.54 Å². The first kappa shape index (κ1) is 16.6. The van der Waals surface area contributed by atoms with Gasteiger partial charge in [-0.15, -0.1) is 0 Å². The number of alkyl halides is 2. The second-order valence-corrected chi connectivity index (χ2v) is 5.72. The number of halogens is 2. The standard InChI is InChI=1S/C15H21F2NO2/c1-15(2,3)12(10-20-14(16)17)13(19)18-9-11-7-5-4-6-8-11/h4-8,12,14H,9-10H2,1-3H3,(H,18,19)/t12-/m1/s1. The fourth-order valence-electron chi connectivity index (χ4n) is 1.80. The van der Waals surface area contributed by atoms with E-state index in [1.165, 1.54) is 0 Å². The molecule has 0 fully saturated rings. The van der Waals surface area contributed by atoms with Gasteiger partial charge in [-0.25, -0.2) is 0 Å². The number of benzene rings is 1. The molecule has 1 amide bonds. The molecule has 0 saturated heterocycles. The van der Waals surface area contributed by atoms with Gasteiger partial charge in [-0.3, -0.25) is 4.79 Å². The van der Waals surface area contributed by atoms with E-state index in [1.807, 2.05) is 51.1 Å². The van der Waals surface area contributed by atoms with Gasteiger partial charge < -0.3 is 10.1 Å². The maximum absolute atomic E-state index is 12.1. The van der Waals surface area contributed by atoms with E-state index in [0.717, 1.165) is 5.56 Å². The number of hydrogen-bond donors (Lipinski definition) is 1. The molecule has 0 saturated carbocycles. The van der Waals surface area contributed by atoms with Gasteiger partial charge in [0.25, 0.3) is 0 Å². The van der Waals surface area contributed by atoms with Crippen molar-refractivity contribution in [2.45, 2.75) is 33.9 Å². The van der Waals surface area contributed by atoms with Crippen molar-refractivity contribution in [1.82, 2.24) is 5.32 Å². The Kier molecular flexibility index (Phi) is 6.07. The lowest BCUT2D eigenvalue weighted by molar-refractivity contribution is -0.156. The monoisotopic (exact) mass is 285 g/mol. The van der Waals surface area contributed by atoms with Crippen LogP contribution < -0.4 is 5.32 Å². The normalized spacial score (nSPS) is 13.3. The maximum Gasteiger partial charge on any atom is 0.345 e. The van der Waals surface area contributed by atoms with E-state index in [2.05, 4.69) is 10.1 Å². The molecule has 0 aliphatic heterocycles. The Labute approximate surface area is 118 Å². The van der Waals surface area contributed by atoms with E-state index in [-0.39, 0.29) is 12.5 Å². The third kappa shape index (κ3) is 5.65. The number of carbonyl (C=O) groups is 1. The minimum Gasteiger partial charge on any atom is -0.352 e. The molecule has 0 radical (unpaired) electrons. The average molecular weight is 285 g/mol. The van der Waals surface area contributed by atoms with Gasteiger partial charge in [0.1, 0.15) is 0 Å². The first-order valence-corrected chi connectivity index (χ1v) is 6.52. The van der Waals surface area contributed by atoms with Gasteiger partial charge >= 0.3 is 6.61 Å². The van der Waals surface area contributed by atoms with Crippen LogP contribution in [0.1, 0.15) is 26.3 Å². The third-order valence-corrected chi connectivity index (χ3v) is 3.06. The fourth-order valence-corrected chi connectivity index (χ4v) is 1.80. The number of carbonyl (C=O) groups excluding carboxylic acids is 1. The highest BCUT2D eigenvalue weighted by atomic mass is 19.3. The Morgan fingerprint density at radius 1 is 1.25 bits per heavy atom.